The highest BCUT2D eigenvalue weighted by Crippen LogP contribution is 2.17. The van der Waals surface area contributed by atoms with Gasteiger partial charge in [-0.05, 0) is 52.5 Å². The van der Waals surface area contributed by atoms with Crippen molar-refractivity contribution in [2.45, 2.75) is 32.6 Å². The number of imidazole rings is 1. The van der Waals surface area contributed by atoms with E-state index in [0.717, 1.165) is 59.5 Å². The Kier molecular flexibility index (Phi) is 5.28. The van der Waals surface area contributed by atoms with Gasteiger partial charge in [-0.1, -0.05) is 25.5 Å². The van der Waals surface area contributed by atoms with Gasteiger partial charge in [-0.2, -0.15) is 0 Å². The molecule has 0 aliphatic heterocycles. The van der Waals surface area contributed by atoms with Crippen molar-refractivity contribution in [2.75, 3.05) is 6.61 Å². The van der Waals surface area contributed by atoms with Gasteiger partial charge in [0.2, 0.25) is 0 Å². The molecule has 3 aromatic rings. The maximum absolute atomic E-state index is 5.68. The standard InChI is InChI=1S/C18H20BrN3O/c1-2-3-10-23-15-7-4-13(5-8-15)6-9-17-21-16-11-14(19)12-20-18(16)22-17/h4-5,7-8,11-12H,2-3,6,9-10H2,1H3,(H,20,21,22). The lowest BCUT2D eigenvalue weighted by molar-refractivity contribution is 0.309. The number of rotatable bonds is 7. The Bertz CT molecular complexity index is 768. The van der Waals surface area contributed by atoms with E-state index in [-0.39, 0.29) is 0 Å². The second kappa shape index (κ2) is 7.59. The van der Waals surface area contributed by atoms with Crippen LogP contribution in [0.5, 0.6) is 5.75 Å². The largest absolute Gasteiger partial charge is 0.494 e. The van der Waals surface area contributed by atoms with Gasteiger partial charge in [0.15, 0.2) is 5.65 Å². The summed E-state index contributed by atoms with van der Waals surface area (Å²) in [6, 6.07) is 10.3. The number of nitrogens with zero attached hydrogens (tertiary/aromatic N) is 2. The normalized spacial score (nSPS) is 11.0. The number of fused-ring (bicyclic) bond motifs is 1. The Hall–Kier alpha value is -1.88. The number of pyridine rings is 1. The van der Waals surface area contributed by atoms with Crippen LogP contribution in [0.3, 0.4) is 0 Å². The van der Waals surface area contributed by atoms with Crippen LogP contribution in [0.2, 0.25) is 0 Å². The number of hydrogen-bond donors (Lipinski definition) is 1. The molecule has 0 aliphatic carbocycles. The molecule has 0 bridgehead atoms. The van der Waals surface area contributed by atoms with Crippen molar-refractivity contribution in [3.63, 3.8) is 0 Å². The lowest BCUT2D eigenvalue weighted by atomic mass is 10.1. The van der Waals surface area contributed by atoms with E-state index in [9.17, 15) is 0 Å². The van der Waals surface area contributed by atoms with E-state index < -0.39 is 0 Å². The molecule has 1 N–H and O–H groups in total. The van der Waals surface area contributed by atoms with Crippen LogP contribution in [0.25, 0.3) is 11.2 Å². The summed E-state index contributed by atoms with van der Waals surface area (Å²) < 4.78 is 6.64. The zero-order chi connectivity index (χ0) is 16.1. The predicted octanol–water partition coefficient (Wildman–Crippen LogP) is 4.68. The summed E-state index contributed by atoms with van der Waals surface area (Å²) in [5.41, 5.74) is 3.01. The molecule has 1 aromatic carbocycles. The second-order valence-corrected chi connectivity index (χ2v) is 6.47. The first-order chi connectivity index (χ1) is 11.2. The minimum Gasteiger partial charge on any atom is -0.494 e. The van der Waals surface area contributed by atoms with Gasteiger partial charge in [-0.3, -0.25) is 0 Å². The molecular weight excluding hydrogens is 354 g/mol. The van der Waals surface area contributed by atoms with Crippen molar-refractivity contribution in [2.24, 2.45) is 0 Å². The van der Waals surface area contributed by atoms with E-state index in [2.05, 4.69) is 49.9 Å². The van der Waals surface area contributed by atoms with Crippen molar-refractivity contribution < 1.29 is 4.74 Å². The highest BCUT2D eigenvalue weighted by Gasteiger charge is 2.05. The van der Waals surface area contributed by atoms with E-state index >= 15 is 0 Å². The van der Waals surface area contributed by atoms with Gasteiger partial charge in [0, 0.05) is 17.1 Å². The number of hydrogen-bond acceptors (Lipinski definition) is 3. The summed E-state index contributed by atoms with van der Waals surface area (Å²) in [4.78, 5) is 12.1. The van der Waals surface area contributed by atoms with Gasteiger partial charge >= 0.3 is 0 Å². The number of ether oxygens (including phenoxy) is 1. The van der Waals surface area contributed by atoms with Crippen LogP contribution >= 0.6 is 15.9 Å². The fourth-order valence-corrected chi connectivity index (χ4v) is 2.72. The van der Waals surface area contributed by atoms with Crippen LogP contribution in [0, 0.1) is 0 Å². The second-order valence-electron chi connectivity index (χ2n) is 5.55. The van der Waals surface area contributed by atoms with Gasteiger partial charge in [0.05, 0.1) is 12.1 Å². The van der Waals surface area contributed by atoms with Crippen molar-refractivity contribution >= 4 is 27.1 Å². The molecule has 5 heteroatoms. The van der Waals surface area contributed by atoms with Gasteiger partial charge in [-0.15, -0.1) is 0 Å². The molecule has 0 amide bonds. The molecule has 23 heavy (non-hydrogen) atoms. The lowest BCUT2D eigenvalue weighted by Gasteiger charge is -2.06. The molecular formula is C18H20BrN3O. The molecule has 0 saturated carbocycles. The lowest BCUT2D eigenvalue weighted by Crippen LogP contribution is -1.97. The molecule has 0 spiro atoms. The van der Waals surface area contributed by atoms with Crippen molar-refractivity contribution in [1.82, 2.24) is 15.0 Å². The molecule has 4 nitrogen and oxygen atoms in total. The van der Waals surface area contributed by atoms with Crippen molar-refractivity contribution in [3.8, 4) is 5.75 Å². The van der Waals surface area contributed by atoms with Crippen molar-refractivity contribution in [1.29, 1.82) is 0 Å². The van der Waals surface area contributed by atoms with E-state index in [1.54, 1.807) is 6.20 Å². The maximum atomic E-state index is 5.68. The Morgan fingerprint density at radius 3 is 2.78 bits per heavy atom. The Morgan fingerprint density at radius 1 is 1.17 bits per heavy atom. The fraction of sp³-hybridized carbons (Fsp3) is 0.333. The molecule has 0 aliphatic rings. The number of nitrogens with one attached hydrogen (secondary N) is 1. The van der Waals surface area contributed by atoms with Gasteiger partial charge in [0.1, 0.15) is 11.6 Å². The molecule has 0 radical (unpaired) electrons. The van der Waals surface area contributed by atoms with E-state index in [1.807, 2.05) is 18.2 Å². The summed E-state index contributed by atoms with van der Waals surface area (Å²) >= 11 is 3.42. The number of unbranched alkanes of at least 4 members (excludes halogenated alkanes) is 1. The first-order valence-electron chi connectivity index (χ1n) is 7.96. The molecule has 3 rings (SSSR count). The molecule has 2 heterocycles. The summed E-state index contributed by atoms with van der Waals surface area (Å²) in [5.74, 6) is 1.91. The highest BCUT2D eigenvalue weighted by atomic mass is 79.9. The monoisotopic (exact) mass is 373 g/mol. The summed E-state index contributed by atoms with van der Waals surface area (Å²) in [6.07, 6.45) is 5.82. The molecule has 0 atom stereocenters. The molecule has 0 saturated heterocycles. The quantitative estimate of drug-likeness (QED) is 0.611. The summed E-state index contributed by atoms with van der Waals surface area (Å²) in [6.45, 7) is 2.95. The minimum atomic E-state index is 0.767. The third kappa shape index (κ3) is 4.32. The fourth-order valence-electron chi connectivity index (χ4n) is 2.39. The van der Waals surface area contributed by atoms with Crippen LogP contribution in [-0.2, 0) is 12.8 Å². The van der Waals surface area contributed by atoms with Gasteiger partial charge in [0.25, 0.3) is 0 Å². The number of benzene rings is 1. The van der Waals surface area contributed by atoms with E-state index in [0.29, 0.717) is 0 Å². The minimum absolute atomic E-state index is 0.767. The van der Waals surface area contributed by atoms with E-state index in [1.165, 1.54) is 5.56 Å². The van der Waals surface area contributed by atoms with Gasteiger partial charge in [-0.25, -0.2) is 9.97 Å². The van der Waals surface area contributed by atoms with Crippen LogP contribution in [-0.4, -0.2) is 21.6 Å². The number of aryl methyl sites for hydroxylation is 2. The summed E-state index contributed by atoms with van der Waals surface area (Å²) in [5, 5.41) is 0. The van der Waals surface area contributed by atoms with Gasteiger partial charge < -0.3 is 9.72 Å². The van der Waals surface area contributed by atoms with Crippen LogP contribution in [0.4, 0.5) is 0 Å². The number of halogens is 1. The van der Waals surface area contributed by atoms with Crippen LogP contribution in [0.1, 0.15) is 31.2 Å². The average Bonchev–Trinajstić information content (AvgIpc) is 2.96. The molecule has 120 valence electrons. The topological polar surface area (TPSA) is 50.8 Å². The third-order valence-electron chi connectivity index (χ3n) is 3.69. The highest BCUT2D eigenvalue weighted by molar-refractivity contribution is 9.10. The average molecular weight is 374 g/mol. The SMILES string of the molecule is CCCCOc1ccc(CCc2nc3ncc(Br)cc3[nH]2)cc1. The first kappa shape index (κ1) is 16.0. The number of H-pyrrole nitrogens is 1. The third-order valence-corrected chi connectivity index (χ3v) is 4.13. The first-order valence-corrected chi connectivity index (χ1v) is 8.76. The molecule has 0 unspecified atom stereocenters. The smallest absolute Gasteiger partial charge is 0.177 e. The summed E-state index contributed by atoms with van der Waals surface area (Å²) in [7, 11) is 0. The zero-order valence-corrected chi connectivity index (χ0v) is 14.8. The number of aromatic amines is 1. The molecule has 0 fully saturated rings. The Labute approximate surface area is 144 Å². The Balaban J connectivity index is 1.58. The van der Waals surface area contributed by atoms with Crippen LogP contribution in [0.15, 0.2) is 41.0 Å². The predicted molar refractivity (Wildman–Crippen MR) is 95.8 cm³/mol. The van der Waals surface area contributed by atoms with E-state index in [4.69, 9.17) is 4.74 Å². The van der Waals surface area contributed by atoms with Crippen LogP contribution < -0.4 is 4.74 Å². The van der Waals surface area contributed by atoms with Crippen molar-refractivity contribution in [3.05, 3.63) is 52.4 Å². The zero-order valence-electron chi connectivity index (χ0n) is 13.2. The maximum Gasteiger partial charge on any atom is 0.177 e. The molecule has 2 aromatic heterocycles. The Morgan fingerprint density at radius 2 is 2.00 bits per heavy atom. The number of aromatic nitrogens is 3.